The summed E-state index contributed by atoms with van der Waals surface area (Å²) in [5, 5.41) is 7.83. The van der Waals surface area contributed by atoms with Crippen LogP contribution in [0.4, 0.5) is 4.79 Å². The number of nitrogens with zero attached hydrogens (tertiary/aromatic N) is 3. The molecule has 1 aromatic heterocycles. The summed E-state index contributed by atoms with van der Waals surface area (Å²) in [6, 6.07) is 16.7. The summed E-state index contributed by atoms with van der Waals surface area (Å²) in [4.78, 5) is 27.0. The van der Waals surface area contributed by atoms with Crippen LogP contribution in [0.2, 0.25) is 5.02 Å². The Morgan fingerprint density at radius 1 is 1.07 bits per heavy atom. The third-order valence-electron chi connectivity index (χ3n) is 5.40. The Bertz CT molecular complexity index is 1010. The highest BCUT2D eigenvalue weighted by atomic mass is 35.5. The second-order valence-corrected chi connectivity index (χ2v) is 7.85. The number of rotatable bonds is 5. The molecule has 4 rings (SSSR count). The smallest absolute Gasteiger partial charge is 0.317 e. The van der Waals surface area contributed by atoms with Gasteiger partial charge in [-0.05, 0) is 60.9 Å². The fourth-order valence-corrected chi connectivity index (χ4v) is 3.84. The Labute approximate surface area is 180 Å². The highest BCUT2D eigenvalue weighted by molar-refractivity contribution is 6.30. The van der Waals surface area contributed by atoms with E-state index in [1.54, 1.807) is 40.0 Å². The summed E-state index contributed by atoms with van der Waals surface area (Å²) < 4.78 is 1.79. The van der Waals surface area contributed by atoms with Crippen LogP contribution in [0.1, 0.15) is 28.8 Å². The minimum atomic E-state index is -0.100. The molecule has 2 aromatic carbocycles. The van der Waals surface area contributed by atoms with Crippen LogP contribution in [0.5, 0.6) is 0 Å². The minimum absolute atomic E-state index is 0.0547. The van der Waals surface area contributed by atoms with E-state index in [9.17, 15) is 9.59 Å². The fourth-order valence-electron chi connectivity index (χ4n) is 3.71. The zero-order valence-electron chi connectivity index (χ0n) is 16.5. The molecule has 7 heteroatoms. The summed E-state index contributed by atoms with van der Waals surface area (Å²) in [6.45, 7) is 1.59. The van der Waals surface area contributed by atoms with E-state index in [0.717, 1.165) is 11.3 Å². The number of hydrogen-bond acceptors (Lipinski definition) is 3. The van der Waals surface area contributed by atoms with E-state index in [4.69, 9.17) is 11.6 Å². The number of hydrogen-bond donors (Lipinski definition) is 1. The normalized spacial score (nSPS) is 14.5. The highest BCUT2D eigenvalue weighted by Crippen LogP contribution is 2.23. The average Bonchev–Trinajstić information content (AvgIpc) is 3.33. The third-order valence-corrected chi connectivity index (χ3v) is 5.66. The number of Topliss-reactive ketones (excluding diaryl/α,β-unsaturated/α-hetero) is 1. The monoisotopic (exact) mass is 422 g/mol. The molecule has 0 spiro atoms. The van der Waals surface area contributed by atoms with Crippen molar-refractivity contribution in [2.45, 2.75) is 19.4 Å². The van der Waals surface area contributed by atoms with Crippen LogP contribution in [0, 0.1) is 5.92 Å². The molecule has 6 nitrogen and oxygen atoms in total. The SMILES string of the molecule is O=C(c1ccc(Cl)cc1)C1CCN(C(=O)NCc2cccc(-n3cccn3)c2)CC1. The zero-order valence-corrected chi connectivity index (χ0v) is 17.3. The van der Waals surface area contributed by atoms with Crippen molar-refractivity contribution in [3.05, 3.63) is 83.1 Å². The van der Waals surface area contributed by atoms with Crippen LogP contribution in [-0.4, -0.2) is 39.6 Å². The number of urea groups is 1. The van der Waals surface area contributed by atoms with E-state index in [1.165, 1.54) is 0 Å². The van der Waals surface area contributed by atoms with Crippen molar-refractivity contribution in [2.24, 2.45) is 5.92 Å². The van der Waals surface area contributed by atoms with Gasteiger partial charge in [-0.3, -0.25) is 4.79 Å². The Morgan fingerprint density at radius 2 is 1.83 bits per heavy atom. The van der Waals surface area contributed by atoms with E-state index in [0.29, 0.717) is 43.1 Å². The van der Waals surface area contributed by atoms with Gasteiger partial charge in [-0.25, -0.2) is 9.48 Å². The topological polar surface area (TPSA) is 67.2 Å². The number of piperidine rings is 1. The Kier molecular flexibility index (Phi) is 6.14. The zero-order chi connectivity index (χ0) is 20.9. The number of halogens is 1. The molecule has 0 bridgehead atoms. The van der Waals surface area contributed by atoms with E-state index in [2.05, 4.69) is 10.4 Å². The first-order valence-corrected chi connectivity index (χ1v) is 10.4. The van der Waals surface area contributed by atoms with Gasteiger partial charge in [0.2, 0.25) is 0 Å². The maximum absolute atomic E-state index is 12.7. The second-order valence-electron chi connectivity index (χ2n) is 7.41. The summed E-state index contributed by atoms with van der Waals surface area (Å²) in [7, 11) is 0. The number of carbonyl (C=O) groups is 2. The van der Waals surface area contributed by atoms with Crippen molar-refractivity contribution < 1.29 is 9.59 Å². The van der Waals surface area contributed by atoms with Crippen LogP contribution in [0.15, 0.2) is 67.0 Å². The van der Waals surface area contributed by atoms with E-state index >= 15 is 0 Å². The standard InChI is InChI=1S/C23H23ClN4O2/c24-20-7-5-18(6-8-20)22(29)19-9-13-27(14-10-19)23(30)25-16-17-3-1-4-21(15-17)28-12-2-11-26-28/h1-8,11-12,15,19H,9-10,13-14,16H2,(H,25,30). The van der Waals surface area contributed by atoms with E-state index in [1.807, 2.05) is 36.5 Å². The number of aromatic nitrogens is 2. The lowest BCUT2D eigenvalue weighted by Crippen LogP contribution is -2.45. The lowest BCUT2D eigenvalue weighted by molar-refractivity contribution is 0.0854. The van der Waals surface area contributed by atoms with Crippen LogP contribution >= 0.6 is 11.6 Å². The average molecular weight is 423 g/mol. The van der Waals surface area contributed by atoms with Crippen molar-refractivity contribution in [3.8, 4) is 5.69 Å². The maximum atomic E-state index is 12.7. The molecule has 0 unspecified atom stereocenters. The summed E-state index contributed by atoms with van der Waals surface area (Å²) in [6.07, 6.45) is 4.95. The predicted octanol–water partition coefficient (Wildman–Crippen LogP) is 4.33. The van der Waals surface area contributed by atoms with Crippen LogP contribution in [-0.2, 0) is 6.54 Å². The van der Waals surface area contributed by atoms with Gasteiger partial charge in [0.05, 0.1) is 5.69 Å². The third kappa shape index (κ3) is 4.71. The first kappa shape index (κ1) is 20.2. The van der Waals surface area contributed by atoms with Gasteiger partial charge in [0.1, 0.15) is 0 Å². The lowest BCUT2D eigenvalue weighted by atomic mass is 9.89. The molecule has 2 amide bonds. The molecule has 3 aromatic rings. The molecular formula is C23H23ClN4O2. The molecule has 0 aliphatic carbocycles. The number of benzene rings is 2. The molecule has 1 aliphatic rings. The van der Waals surface area contributed by atoms with Gasteiger partial charge >= 0.3 is 6.03 Å². The largest absolute Gasteiger partial charge is 0.334 e. The fraction of sp³-hybridized carbons (Fsp3) is 0.261. The van der Waals surface area contributed by atoms with Crippen LogP contribution in [0.25, 0.3) is 5.69 Å². The number of carbonyl (C=O) groups excluding carboxylic acids is 2. The van der Waals surface area contributed by atoms with Gasteiger partial charge in [0, 0.05) is 48.5 Å². The molecule has 1 aliphatic heterocycles. The molecule has 154 valence electrons. The molecular weight excluding hydrogens is 400 g/mol. The van der Waals surface area contributed by atoms with Gasteiger partial charge in [0.15, 0.2) is 5.78 Å². The van der Waals surface area contributed by atoms with Gasteiger partial charge in [0.25, 0.3) is 0 Å². The molecule has 1 fully saturated rings. The quantitative estimate of drug-likeness (QED) is 0.622. The van der Waals surface area contributed by atoms with Crippen LogP contribution < -0.4 is 5.32 Å². The number of likely N-dealkylation sites (tertiary alicyclic amines) is 1. The van der Waals surface area contributed by atoms with E-state index < -0.39 is 0 Å². The molecule has 1 N–H and O–H groups in total. The molecule has 0 radical (unpaired) electrons. The summed E-state index contributed by atoms with van der Waals surface area (Å²) in [5.41, 5.74) is 2.64. The van der Waals surface area contributed by atoms with Crippen LogP contribution in [0.3, 0.4) is 0 Å². The Hall–Kier alpha value is -3.12. The summed E-state index contributed by atoms with van der Waals surface area (Å²) >= 11 is 5.90. The maximum Gasteiger partial charge on any atom is 0.317 e. The summed E-state index contributed by atoms with van der Waals surface area (Å²) in [5.74, 6) is 0.0724. The first-order valence-electron chi connectivity index (χ1n) is 10.0. The Morgan fingerprint density at radius 3 is 2.53 bits per heavy atom. The Balaban J connectivity index is 1.28. The second kappa shape index (κ2) is 9.13. The van der Waals surface area contributed by atoms with Crippen molar-refractivity contribution in [1.29, 1.82) is 0 Å². The van der Waals surface area contributed by atoms with Crippen molar-refractivity contribution >= 4 is 23.4 Å². The van der Waals surface area contributed by atoms with Crippen molar-refractivity contribution in [2.75, 3.05) is 13.1 Å². The first-order chi connectivity index (χ1) is 14.6. The van der Waals surface area contributed by atoms with Crippen molar-refractivity contribution in [3.63, 3.8) is 0 Å². The van der Waals surface area contributed by atoms with Crippen molar-refractivity contribution in [1.82, 2.24) is 20.0 Å². The molecule has 0 atom stereocenters. The van der Waals surface area contributed by atoms with Gasteiger partial charge in [-0.2, -0.15) is 5.10 Å². The molecule has 30 heavy (non-hydrogen) atoms. The lowest BCUT2D eigenvalue weighted by Gasteiger charge is -2.31. The molecule has 0 saturated carbocycles. The minimum Gasteiger partial charge on any atom is -0.334 e. The number of amides is 2. The molecule has 2 heterocycles. The van der Waals surface area contributed by atoms with E-state index in [-0.39, 0.29) is 17.7 Å². The highest BCUT2D eigenvalue weighted by Gasteiger charge is 2.27. The molecule has 1 saturated heterocycles. The predicted molar refractivity (Wildman–Crippen MR) is 116 cm³/mol. The van der Waals surface area contributed by atoms with Gasteiger partial charge in [-0.15, -0.1) is 0 Å². The van der Waals surface area contributed by atoms with Gasteiger partial charge < -0.3 is 10.2 Å². The number of ketones is 1. The number of nitrogens with one attached hydrogen (secondary N) is 1. The van der Waals surface area contributed by atoms with Gasteiger partial charge in [-0.1, -0.05) is 23.7 Å².